The maximum atomic E-state index is 10.8. The molecule has 4 heteroatoms. The summed E-state index contributed by atoms with van der Waals surface area (Å²) in [7, 11) is 0. The van der Waals surface area contributed by atoms with Gasteiger partial charge in [-0.05, 0) is 32.0 Å². The molecule has 0 unspecified atom stereocenters. The molecule has 0 spiro atoms. The Morgan fingerprint density at radius 3 is 2.47 bits per heavy atom. The monoisotopic (exact) mass is 236 g/mol. The predicted octanol–water partition coefficient (Wildman–Crippen LogP) is 2.79. The molecule has 0 aromatic heterocycles. The normalized spacial score (nSPS) is 10.8. The molecule has 0 aliphatic rings. The summed E-state index contributed by atoms with van der Waals surface area (Å²) in [6, 6.07) is 5.31. The van der Waals surface area contributed by atoms with Crippen LogP contribution in [-0.2, 0) is 6.42 Å². The first-order chi connectivity index (χ1) is 8.10. The highest BCUT2D eigenvalue weighted by Crippen LogP contribution is 2.21. The van der Waals surface area contributed by atoms with Crippen molar-refractivity contribution in [1.29, 1.82) is 0 Å². The second-order valence-corrected chi connectivity index (χ2v) is 4.10. The number of benzene rings is 1. The molecule has 0 fully saturated rings. The maximum Gasteiger partial charge on any atom is 0.272 e. The molecule has 4 nitrogen and oxygen atoms in total. The van der Waals surface area contributed by atoms with E-state index in [2.05, 4.69) is 18.7 Å². The number of hydrogen-bond acceptors (Lipinski definition) is 3. The van der Waals surface area contributed by atoms with Gasteiger partial charge in [-0.2, -0.15) is 0 Å². The second kappa shape index (κ2) is 6.35. The maximum absolute atomic E-state index is 10.8. The Morgan fingerprint density at radius 2 is 1.94 bits per heavy atom. The summed E-state index contributed by atoms with van der Waals surface area (Å²) in [6.45, 7) is 9.08. The van der Waals surface area contributed by atoms with Gasteiger partial charge < -0.3 is 4.90 Å². The molecule has 0 amide bonds. The molecule has 0 saturated carbocycles. The molecule has 0 radical (unpaired) electrons. The number of nitrogens with zero attached hydrogens (tertiary/aromatic N) is 2. The molecule has 0 atom stereocenters. The average molecular weight is 236 g/mol. The standard InChI is InChI=1S/C13H20N2O2/c1-4-14(5-2)10-9-12-7-6-8-13(11(12)3)15(16)17/h6-8H,4-5,9-10H2,1-3H3. The molecule has 1 rings (SSSR count). The Kier molecular flexibility index (Phi) is 5.10. The van der Waals surface area contributed by atoms with Crippen LogP contribution in [-0.4, -0.2) is 29.5 Å². The smallest absolute Gasteiger partial charge is 0.272 e. The summed E-state index contributed by atoms with van der Waals surface area (Å²) in [5.41, 5.74) is 2.10. The lowest BCUT2D eigenvalue weighted by atomic mass is 10.0. The molecule has 0 aliphatic heterocycles. The van der Waals surface area contributed by atoms with Crippen LogP contribution in [0, 0.1) is 17.0 Å². The zero-order chi connectivity index (χ0) is 12.8. The van der Waals surface area contributed by atoms with Gasteiger partial charge in [0.1, 0.15) is 0 Å². The van der Waals surface area contributed by atoms with Gasteiger partial charge in [0, 0.05) is 18.2 Å². The van der Waals surface area contributed by atoms with Crippen molar-refractivity contribution in [2.75, 3.05) is 19.6 Å². The van der Waals surface area contributed by atoms with Gasteiger partial charge >= 0.3 is 0 Å². The van der Waals surface area contributed by atoms with Crippen LogP contribution in [0.15, 0.2) is 18.2 Å². The van der Waals surface area contributed by atoms with Crippen molar-refractivity contribution in [3.05, 3.63) is 39.4 Å². The van der Waals surface area contributed by atoms with E-state index in [1.54, 1.807) is 12.1 Å². The van der Waals surface area contributed by atoms with Crippen LogP contribution in [0.2, 0.25) is 0 Å². The minimum Gasteiger partial charge on any atom is -0.304 e. The van der Waals surface area contributed by atoms with Crippen molar-refractivity contribution in [1.82, 2.24) is 4.90 Å². The number of rotatable bonds is 6. The van der Waals surface area contributed by atoms with Gasteiger partial charge in [0.15, 0.2) is 0 Å². The summed E-state index contributed by atoms with van der Waals surface area (Å²) in [4.78, 5) is 12.8. The van der Waals surface area contributed by atoms with E-state index in [4.69, 9.17) is 0 Å². The average Bonchev–Trinajstić information content (AvgIpc) is 2.32. The number of nitro groups is 1. The number of nitro benzene ring substituents is 1. The minimum absolute atomic E-state index is 0.224. The van der Waals surface area contributed by atoms with E-state index in [1.807, 2.05) is 13.0 Å². The lowest BCUT2D eigenvalue weighted by Crippen LogP contribution is -2.25. The van der Waals surface area contributed by atoms with Gasteiger partial charge in [0.2, 0.25) is 0 Å². The fourth-order valence-corrected chi connectivity index (χ4v) is 1.96. The third-order valence-electron chi connectivity index (χ3n) is 3.21. The lowest BCUT2D eigenvalue weighted by Gasteiger charge is -2.18. The molecule has 1 aromatic carbocycles. The second-order valence-electron chi connectivity index (χ2n) is 4.10. The van der Waals surface area contributed by atoms with Gasteiger partial charge in [-0.15, -0.1) is 0 Å². The molecular formula is C13H20N2O2. The fraction of sp³-hybridized carbons (Fsp3) is 0.538. The van der Waals surface area contributed by atoms with Gasteiger partial charge in [0.25, 0.3) is 5.69 Å². The van der Waals surface area contributed by atoms with Crippen LogP contribution in [0.1, 0.15) is 25.0 Å². The quantitative estimate of drug-likeness (QED) is 0.563. The van der Waals surface area contributed by atoms with Crippen LogP contribution in [0.25, 0.3) is 0 Å². The molecule has 0 aliphatic carbocycles. The highest BCUT2D eigenvalue weighted by molar-refractivity contribution is 5.44. The third-order valence-corrected chi connectivity index (χ3v) is 3.21. The van der Waals surface area contributed by atoms with Crippen LogP contribution < -0.4 is 0 Å². The molecule has 0 saturated heterocycles. The predicted molar refractivity (Wildman–Crippen MR) is 69.3 cm³/mol. The Hall–Kier alpha value is -1.42. The molecule has 0 N–H and O–H groups in total. The van der Waals surface area contributed by atoms with Crippen LogP contribution in [0.4, 0.5) is 5.69 Å². The van der Waals surface area contributed by atoms with E-state index >= 15 is 0 Å². The summed E-state index contributed by atoms with van der Waals surface area (Å²) in [6.07, 6.45) is 0.870. The highest BCUT2D eigenvalue weighted by atomic mass is 16.6. The zero-order valence-corrected chi connectivity index (χ0v) is 10.8. The summed E-state index contributed by atoms with van der Waals surface area (Å²) >= 11 is 0. The molecule has 1 aromatic rings. The van der Waals surface area contributed by atoms with Gasteiger partial charge in [-0.3, -0.25) is 10.1 Å². The molecule has 94 valence electrons. The summed E-state index contributed by atoms with van der Waals surface area (Å²) < 4.78 is 0. The number of likely N-dealkylation sites (N-methyl/N-ethyl adjacent to an activating group) is 1. The minimum atomic E-state index is -0.309. The van der Waals surface area contributed by atoms with Crippen LogP contribution >= 0.6 is 0 Å². The van der Waals surface area contributed by atoms with Crippen molar-refractivity contribution < 1.29 is 4.92 Å². The first kappa shape index (κ1) is 13.6. The Morgan fingerprint density at radius 1 is 1.29 bits per heavy atom. The van der Waals surface area contributed by atoms with E-state index in [1.165, 1.54) is 0 Å². The van der Waals surface area contributed by atoms with Gasteiger partial charge in [0.05, 0.1) is 4.92 Å². The van der Waals surface area contributed by atoms with E-state index in [9.17, 15) is 10.1 Å². The van der Waals surface area contributed by atoms with Crippen molar-refractivity contribution in [3.63, 3.8) is 0 Å². The molecule has 17 heavy (non-hydrogen) atoms. The van der Waals surface area contributed by atoms with E-state index < -0.39 is 0 Å². The van der Waals surface area contributed by atoms with Crippen LogP contribution in [0.5, 0.6) is 0 Å². The molecule has 0 heterocycles. The zero-order valence-electron chi connectivity index (χ0n) is 10.8. The number of hydrogen-bond donors (Lipinski definition) is 0. The van der Waals surface area contributed by atoms with Crippen molar-refractivity contribution in [2.24, 2.45) is 0 Å². The van der Waals surface area contributed by atoms with Gasteiger partial charge in [-0.25, -0.2) is 0 Å². The van der Waals surface area contributed by atoms with Crippen molar-refractivity contribution >= 4 is 5.69 Å². The lowest BCUT2D eigenvalue weighted by molar-refractivity contribution is -0.385. The van der Waals surface area contributed by atoms with Crippen molar-refractivity contribution in [2.45, 2.75) is 27.2 Å². The van der Waals surface area contributed by atoms with Crippen molar-refractivity contribution in [3.8, 4) is 0 Å². The van der Waals surface area contributed by atoms with Gasteiger partial charge in [-0.1, -0.05) is 26.0 Å². The third kappa shape index (κ3) is 3.53. The Balaban J connectivity index is 2.78. The summed E-state index contributed by atoms with van der Waals surface area (Å²) in [5.74, 6) is 0. The largest absolute Gasteiger partial charge is 0.304 e. The highest BCUT2D eigenvalue weighted by Gasteiger charge is 2.13. The molecular weight excluding hydrogens is 216 g/mol. The Bertz CT molecular complexity index is 387. The van der Waals surface area contributed by atoms with E-state index in [-0.39, 0.29) is 10.6 Å². The van der Waals surface area contributed by atoms with Crippen LogP contribution in [0.3, 0.4) is 0 Å². The topological polar surface area (TPSA) is 46.4 Å². The van der Waals surface area contributed by atoms with E-state index in [0.717, 1.165) is 37.2 Å². The summed E-state index contributed by atoms with van der Waals surface area (Å²) in [5, 5.41) is 10.8. The molecule has 0 bridgehead atoms. The SMILES string of the molecule is CCN(CC)CCc1cccc([N+](=O)[O-])c1C. The first-order valence-electron chi connectivity index (χ1n) is 6.05. The van der Waals surface area contributed by atoms with E-state index in [0.29, 0.717) is 0 Å². The fourth-order valence-electron chi connectivity index (χ4n) is 1.96. The first-order valence-corrected chi connectivity index (χ1v) is 6.05. The Labute approximate surface area is 102 Å².